The molecule has 0 spiro atoms. The molecular formula is C31H43N5O. The van der Waals surface area contributed by atoms with E-state index >= 15 is 0 Å². The fraction of sp³-hybridized carbons (Fsp3) is 0.387. The maximum Gasteiger partial charge on any atom is 0.323 e. The van der Waals surface area contributed by atoms with Crippen molar-refractivity contribution in [3.63, 3.8) is 0 Å². The van der Waals surface area contributed by atoms with Gasteiger partial charge in [0.2, 0.25) is 0 Å². The molecule has 1 fully saturated rings. The Kier molecular flexibility index (Phi) is 11.3. The monoisotopic (exact) mass is 501 g/mol. The van der Waals surface area contributed by atoms with Crippen molar-refractivity contribution in [3.05, 3.63) is 82.1 Å². The van der Waals surface area contributed by atoms with Crippen molar-refractivity contribution in [1.29, 1.82) is 10.8 Å². The standard InChI is InChI=1S/C27H33N5O.C4H10/c1-17(2)24(20-9-7-6-8-10-20)31-25(26(29)32(23-13-14-23)27(33)30-5)19(4)21-11-12-22(16-28)18(3)15-21;1-3-4-2/h6-12,15-16,23,28-29,31H,13-14H2,1-5H3,(H,30,33);3-4H2,1-2H3/b25-19+,28-16?,29-26?;. The third kappa shape index (κ3) is 7.91. The van der Waals surface area contributed by atoms with Crippen molar-refractivity contribution >= 4 is 29.4 Å². The Morgan fingerprint density at radius 1 is 1.03 bits per heavy atom. The van der Waals surface area contributed by atoms with Crippen LogP contribution < -0.4 is 10.6 Å². The van der Waals surface area contributed by atoms with Crippen LogP contribution in [-0.2, 0) is 0 Å². The Bertz CT molecular complexity index is 1150. The predicted octanol–water partition coefficient (Wildman–Crippen LogP) is 7.35. The average Bonchev–Trinajstić information content (AvgIpc) is 3.74. The van der Waals surface area contributed by atoms with Crippen LogP contribution >= 0.6 is 0 Å². The number of amides is 2. The molecule has 2 amide bonds. The van der Waals surface area contributed by atoms with Gasteiger partial charge in [0.1, 0.15) is 0 Å². The quantitative estimate of drug-likeness (QED) is 0.225. The molecular weight excluding hydrogens is 458 g/mol. The molecule has 0 radical (unpaired) electrons. The molecule has 3 rings (SSSR count). The first-order chi connectivity index (χ1) is 17.7. The summed E-state index contributed by atoms with van der Waals surface area (Å²) in [6.07, 6.45) is 5.77. The van der Waals surface area contributed by atoms with Crippen LogP contribution in [-0.4, -0.2) is 36.1 Å². The Hall–Kier alpha value is -3.67. The van der Waals surface area contributed by atoms with Gasteiger partial charge in [0.25, 0.3) is 0 Å². The Balaban J connectivity index is 0.00000112. The van der Waals surface area contributed by atoms with Gasteiger partial charge in [-0.2, -0.15) is 0 Å². The smallest absolute Gasteiger partial charge is 0.323 e. The van der Waals surface area contributed by atoms with E-state index < -0.39 is 0 Å². The highest BCUT2D eigenvalue weighted by Gasteiger charge is 2.37. The van der Waals surface area contributed by atoms with Crippen LogP contribution in [0.4, 0.5) is 4.79 Å². The molecule has 198 valence electrons. The van der Waals surface area contributed by atoms with Gasteiger partial charge in [0, 0.05) is 25.0 Å². The second-order valence-corrected chi connectivity index (χ2v) is 9.59. The van der Waals surface area contributed by atoms with E-state index in [1.54, 1.807) is 11.9 Å². The lowest BCUT2D eigenvalue weighted by atomic mass is 9.98. The lowest BCUT2D eigenvalue weighted by Crippen LogP contribution is -2.46. The van der Waals surface area contributed by atoms with Gasteiger partial charge in [0.05, 0.1) is 5.70 Å². The molecule has 0 bridgehead atoms. The number of benzene rings is 2. The van der Waals surface area contributed by atoms with Crippen LogP contribution in [0.25, 0.3) is 11.3 Å². The van der Waals surface area contributed by atoms with Gasteiger partial charge in [-0.15, -0.1) is 0 Å². The van der Waals surface area contributed by atoms with Crippen molar-refractivity contribution in [2.45, 2.75) is 73.3 Å². The van der Waals surface area contributed by atoms with Crippen LogP contribution in [0.1, 0.15) is 82.6 Å². The maximum absolute atomic E-state index is 12.7. The minimum absolute atomic E-state index is 0.0379. The molecule has 0 aliphatic heterocycles. The fourth-order valence-electron chi connectivity index (χ4n) is 3.79. The number of carbonyl (C=O) groups excluding carboxylic acids is 1. The van der Waals surface area contributed by atoms with Gasteiger partial charge in [-0.25, -0.2) is 4.79 Å². The van der Waals surface area contributed by atoms with E-state index in [9.17, 15) is 4.79 Å². The summed E-state index contributed by atoms with van der Waals surface area (Å²) in [5, 5.41) is 22.9. The summed E-state index contributed by atoms with van der Waals surface area (Å²) >= 11 is 0. The maximum atomic E-state index is 12.7. The number of hydrogen-bond donors (Lipinski definition) is 4. The van der Waals surface area contributed by atoms with Crippen LogP contribution in [0.2, 0.25) is 0 Å². The molecule has 0 atom stereocenters. The predicted molar refractivity (Wildman–Crippen MR) is 157 cm³/mol. The van der Waals surface area contributed by atoms with E-state index in [0.29, 0.717) is 5.70 Å². The minimum atomic E-state index is -0.275. The van der Waals surface area contributed by atoms with Gasteiger partial charge >= 0.3 is 6.03 Å². The summed E-state index contributed by atoms with van der Waals surface area (Å²) in [5.74, 6) is 0.151. The number of unbranched alkanes of at least 4 members (excludes halogenated alkanes) is 1. The van der Waals surface area contributed by atoms with Gasteiger partial charge in [-0.05, 0) is 68.4 Å². The molecule has 2 aromatic carbocycles. The first kappa shape index (κ1) is 29.6. The number of aryl methyl sites for hydroxylation is 1. The topological polar surface area (TPSA) is 92.1 Å². The highest BCUT2D eigenvalue weighted by Crippen LogP contribution is 2.31. The summed E-state index contributed by atoms with van der Waals surface area (Å²) in [6, 6.07) is 15.7. The number of amidine groups is 1. The zero-order valence-electron chi connectivity index (χ0n) is 23.5. The summed E-state index contributed by atoms with van der Waals surface area (Å²) in [5.41, 5.74) is 7.25. The summed E-state index contributed by atoms with van der Waals surface area (Å²) < 4.78 is 0. The fourth-order valence-corrected chi connectivity index (χ4v) is 3.79. The lowest BCUT2D eigenvalue weighted by molar-refractivity contribution is 0.221. The number of nitrogens with one attached hydrogen (secondary N) is 4. The van der Waals surface area contributed by atoms with Crippen molar-refractivity contribution < 1.29 is 4.79 Å². The Morgan fingerprint density at radius 2 is 1.65 bits per heavy atom. The summed E-state index contributed by atoms with van der Waals surface area (Å²) in [4.78, 5) is 14.3. The first-order valence-corrected chi connectivity index (χ1v) is 13.1. The van der Waals surface area contributed by atoms with E-state index in [-0.39, 0.29) is 17.9 Å². The van der Waals surface area contributed by atoms with E-state index in [2.05, 4.69) is 24.5 Å². The zero-order valence-corrected chi connectivity index (χ0v) is 23.5. The third-order valence-corrected chi connectivity index (χ3v) is 6.37. The number of nitrogens with zero attached hydrogens (tertiary/aromatic N) is 1. The van der Waals surface area contributed by atoms with Crippen LogP contribution in [0.5, 0.6) is 0 Å². The van der Waals surface area contributed by atoms with Crippen LogP contribution in [0, 0.1) is 17.7 Å². The van der Waals surface area contributed by atoms with Gasteiger partial charge in [-0.3, -0.25) is 10.3 Å². The largest absolute Gasteiger partial charge is 0.352 e. The molecule has 0 unspecified atom stereocenters. The zero-order chi connectivity index (χ0) is 27.5. The molecule has 0 saturated heterocycles. The molecule has 1 saturated carbocycles. The molecule has 1 aliphatic carbocycles. The van der Waals surface area contributed by atoms with Crippen molar-refractivity contribution in [1.82, 2.24) is 15.5 Å². The normalized spacial score (nSPS) is 12.8. The molecule has 1 aliphatic rings. The highest BCUT2D eigenvalue weighted by molar-refractivity contribution is 6.10. The Morgan fingerprint density at radius 3 is 2.11 bits per heavy atom. The van der Waals surface area contributed by atoms with E-state index in [1.165, 1.54) is 19.1 Å². The SMILES string of the molecule is CCCC.CNC(=O)N(C(=N)/C(NC(=C(C)C)c1ccccc1)=C(/C)c1ccc(C=N)c(C)c1)C1CC1. The molecule has 6 nitrogen and oxygen atoms in total. The average molecular weight is 502 g/mol. The number of carbonyl (C=O) groups is 1. The second-order valence-electron chi connectivity index (χ2n) is 9.59. The molecule has 6 heteroatoms. The van der Waals surface area contributed by atoms with E-state index in [0.717, 1.165) is 51.9 Å². The van der Waals surface area contributed by atoms with Gasteiger partial charge < -0.3 is 16.0 Å². The molecule has 2 aromatic rings. The van der Waals surface area contributed by atoms with Gasteiger partial charge in [0.15, 0.2) is 5.84 Å². The molecule has 37 heavy (non-hydrogen) atoms. The summed E-state index contributed by atoms with van der Waals surface area (Å²) in [7, 11) is 1.60. The minimum Gasteiger partial charge on any atom is -0.352 e. The van der Waals surface area contributed by atoms with Crippen molar-refractivity contribution in [3.8, 4) is 0 Å². The number of allylic oxidation sites excluding steroid dienone is 2. The van der Waals surface area contributed by atoms with Crippen molar-refractivity contribution in [2.24, 2.45) is 0 Å². The van der Waals surface area contributed by atoms with E-state index in [1.807, 2.05) is 76.2 Å². The second kappa shape index (κ2) is 14.2. The molecule has 0 heterocycles. The lowest BCUT2D eigenvalue weighted by Gasteiger charge is -2.27. The number of hydrogen-bond acceptors (Lipinski definition) is 4. The molecule has 0 aromatic heterocycles. The molecule has 4 N–H and O–H groups in total. The van der Waals surface area contributed by atoms with E-state index in [4.69, 9.17) is 10.8 Å². The van der Waals surface area contributed by atoms with Gasteiger partial charge in [-0.1, -0.05) is 80.8 Å². The number of urea groups is 1. The number of rotatable bonds is 8. The summed E-state index contributed by atoms with van der Waals surface area (Å²) in [6.45, 7) is 12.4. The van der Waals surface area contributed by atoms with Crippen LogP contribution in [0.15, 0.2) is 59.8 Å². The van der Waals surface area contributed by atoms with Crippen molar-refractivity contribution in [2.75, 3.05) is 7.05 Å². The third-order valence-electron chi connectivity index (χ3n) is 6.37. The van der Waals surface area contributed by atoms with Crippen LogP contribution in [0.3, 0.4) is 0 Å². The highest BCUT2D eigenvalue weighted by atomic mass is 16.2. The first-order valence-electron chi connectivity index (χ1n) is 13.1. The Labute approximate surface area is 222 Å².